The van der Waals surface area contributed by atoms with Gasteiger partial charge in [0.2, 0.25) is 0 Å². The normalized spacial score (nSPS) is 11.6. The van der Waals surface area contributed by atoms with E-state index in [-0.39, 0.29) is 11.1 Å². The lowest BCUT2D eigenvalue weighted by Gasteiger charge is -2.01. The molecule has 0 N–H and O–H groups in total. The minimum atomic E-state index is -1.25. The van der Waals surface area contributed by atoms with Gasteiger partial charge in [0.15, 0.2) is 32.9 Å². The van der Waals surface area contributed by atoms with E-state index in [1.165, 1.54) is 45.3 Å². The molecule has 36 heavy (non-hydrogen) atoms. The van der Waals surface area contributed by atoms with Crippen LogP contribution in [0.3, 0.4) is 0 Å². The van der Waals surface area contributed by atoms with Crippen molar-refractivity contribution in [1.82, 2.24) is 9.97 Å². The van der Waals surface area contributed by atoms with Crippen molar-refractivity contribution < 1.29 is 26.3 Å². The number of fused-ring (bicyclic) bond motifs is 1. The molecule has 0 saturated heterocycles. The molecule has 0 saturated carbocycles. The van der Waals surface area contributed by atoms with Crippen molar-refractivity contribution in [2.45, 2.75) is 0 Å². The summed E-state index contributed by atoms with van der Waals surface area (Å²) in [7, 11) is 0. The summed E-state index contributed by atoms with van der Waals surface area (Å²) in [6.07, 6.45) is 0. The van der Waals surface area contributed by atoms with Crippen molar-refractivity contribution in [1.29, 1.82) is 0 Å². The van der Waals surface area contributed by atoms with Gasteiger partial charge in [-0.2, -0.15) is 0 Å². The van der Waals surface area contributed by atoms with E-state index in [0.29, 0.717) is 41.6 Å². The van der Waals surface area contributed by atoms with E-state index in [1.54, 1.807) is 24.3 Å². The van der Waals surface area contributed by atoms with Crippen LogP contribution in [0, 0.1) is 34.9 Å². The molecule has 0 aliphatic rings. The monoisotopic (exact) mass is 566 g/mol. The summed E-state index contributed by atoms with van der Waals surface area (Å²) in [5, 5.41) is 1.29. The molecule has 0 spiro atoms. The number of nitrogens with zero attached hydrogens (tertiary/aromatic N) is 2. The maximum atomic E-state index is 14.1. The summed E-state index contributed by atoms with van der Waals surface area (Å²) in [4.78, 5) is 12.8. The van der Waals surface area contributed by atoms with Crippen molar-refractivity contribution in [2.75, 3.05) is 0 Å². The first-order chi connectivity index (χ1) is 17.3. The van der Waals surface area contributed by atoms with E-state index in [9.17, 15) is 26.3 Å². The van der Waals surface area contributed by atoms with Crippen LogP contribution in [0.25, 0.3) is 50.3 Å². The fourth-order valence-electron chi connectivity index (χ4n) is 3.47. The van der Waals surface area contributed by atoms with Crippen molar-refractivity contribution in [3.63, 3.8) is 0 Å². The minimum absolute atomic E-state index is 0.0325. The Hall–Kier alpha value is -3.06. The lowest BCUT2D eigenvalue weighted by Crippen LogP contribution is -1.89. The van der Waals surface area contributed by atoms with Gasteiger partial charge < -0.3 is 0 Å². The fourth-order valence-corrected chi connectivity index (χ4v) is 7.67. The first-order valence-electron chi connectivity index (χ1n) is 10.0. The molecule has 0 fully saturated rings. The highest BCUT2D eigenvalue weighted by atomic mass is 32.1. The topological polar surface area (TPSA) is 25.8 Å². The van der Waals surface area contributed by atoms with Crippen LogP contribution >= 0.6 is 45.3 Å². The Morgan fingerprint density at radius 3 is 1.19 bits per heavy atom. The summed E-state index contributed by atoms with van der Waals surface area (Å²) >= 11 is 5.03. The van der Waals surface area contributed by atoms with Gasteiger partial charge in [0.1, 0.15) is 21.6 Å². The van der Waals surface area contributed by atoms with E-state index in [0.717, 1.165) is 21.9 Å². The Morgan fingerprint density at radius 1 is 0.417 bits per heavy atom. The summed E-state index contributed by atoms with van der Waals surface area (Å²) in [6.45, 7) is 0. The van der Waals surface area contributed by atoms with Gasteiger partial charge >= 0.3 is 0 Å². The SMILES string of the molecule is Fc1cc(F)c(-c2ccc(-c3nc4sc(-c5ccc(-c6cc(F)c(F)cc6F)s5)nc4s3)s2)cc1F. The van der Waals surface area contributed by atoms with Gasteiger partial charge in [-0.1, -0.05) is 22.7 Å². The summed E-state index contributed by atoms with van der Waals surface area (Å²) < 4.78 is 82.0. The number of benzene rings is 2. The minimum Gasteiger partial charge on any atom is -0.222 e. The maximum absolute atomic E-state index is 14.1. The Balaban J connectivity index is 1.29. The summed E-state index contributed by atoms with van der Waals surface area (Å²) in [5.74, 6) is -6.46. The molecule has 2 nitrogen and oxygen atoms in total. The molecule has 6 aromatic rings. The predicted molar refractivity (Wildman–Crippen MR) is 133 cm³/mol. The number of hydrogen-bond acceptors (Lipinski definition) is 6. The summed E-state index contributed by atoms with van der Waals surface area (Å²) in [5.41, 5.74) is -0.0650. The number of rotatable bonds is 4. The van der Waals surface area contributed by atoms with Gasteiger partial charge in [-0.25, -0.2) is 36.3 Å². The third-order valence-electron chi connectivity index (χ3n) is 5.16. The molecule has 6 rings (SSSR count). The molecule has 0 aliphatic carbocycles. The average molecular weight is 567 g/mol. The molecule has 0 radical (unpaired) electrons. The van der Waals surface area contributed by atoms with E-state index >= 15 is 0 Å². The van der Waals surface area contributed by atoms with E-state index in [1.807, 2.05) is 0 Å². The molecular formula is C24H8F6N2S4. The predicted octanol–water partition coefficient (Wildman–Crippen LogP) is 9.38. The van der Waals surface area contributed by atoms with E-state index in [4.69, 9.17) is 0 Å². The third kappa shape index (κ3) is 4.03. The van der Waals surface area contributed by atoms with Gasteiger partial charge in [-0.15, -0.1) is 22.7 Å². The molecule has 4 aromatic heterocycles. The zero-order chi connectivity index (χ0) is 25.1. The van der Waals surface area contributed by atoms with Crippen LogP contribution in [0.15, 0.2) is 48.5 Å². The zero-order valence-corrected chi connectivity index (χ0v) is 20.7. The molecule has 0 unspecified atom stereocenters. The standard InChI is InChI=1S/C24H8F6N2S4/c25-11-7-15(29)13(27)5-9(11)17-1-3-19(33-17)21-31-23-24(35-21)32-22(36-23)20-4-2-18(34-20)10-6-14(28)16(30)8-12(10)26/h1-8H. The first-order valence-corrected chi connectivity index (χ1v) is 13.3. The molecular weight excluding hydrogens is 559 g/mol. The van der Waals surface area contributed by atoms with Crippen LogP contribution in [0.5, 0.6) is 0 Å². The summed E-state index contributed by atoms with van der Waals surface area (Å²) in [6, 6.07) is 9.39. The van der Waals surface area contributed by atoms with Crippen molar-refractivity contribution in [2.24, 2.45) is 0 Å². The van der Waals surface area contributed by atoms with Crippen LogP contribution in [0.4, 0.5) is 26.3 Å². The Bertz CT molecular complexity index is 1620. The van der Waals surface area contributed by atoms with Crippen molar-refractivity contribution in [3.8, 4) is 40.7 Å². The highest BCUT2D eigenvalue weighted by molar-refractivity contribution is 7.32. The lowest BCUT2D eigenvalue weighted by atomic mass is 10.1. The van der Waals surface area contributed by atoms with Crippen LogP contribution in [0.1, 0.15) is 0 Å². The van der Waals surface area contributed by atoms with Gasteiger partial charge in [0.05, 0.1) is 9.75 Å². The molecule has 0 aliphatic heterocycles. The quantitative estimate of drug-likeness (QED) is 0.157. The average Bonchev–Trinajstić information content (AvgIpc) is 3.61. The van der Waals surface area contributed by atoms with Crippen molar-refractivity contribution >= 4 is 55.0 Å². The second-order valence-corrected chi connectivity index (χ2v) is 11.6. The van der Waals surface area contributed by atoms with Crippen LogP contribution in [-0.4, -0.2) is 9.97 Å². The highest BCUT2D eigenvalue weighted by Gasteiger charge is 2.19. The highest BCUT2D eigenvalue weighted by Crippen LogP contribution is 2.43. The Kier molecular flexibility index (Phi) is 5.71. The number of thiazole rings is 2. The largest absolute Gasteiger partial charge is 0.222 e. The third-order valence-corrected chi connectivity index (χ3v) is 9.76. The van der Waals surface area contributed by atoms with E-state index in [2.05, 4.69) is 9.97 Å². The van der Waals surface area contributed by atoms with Crippen LogP contribution in [-0.2, 0) is 0 Å². The number of thiophene rings is 2. The fraction of sp³-hybridized carbons (Fsp3) is 0. The molecule has 0 atom stereocenters. The molecule has 2 aromatic carbocycles. The second-order valence-electron chi connectivity index (χ2n) is 7.47. The smallest absolute Gasteiger partial charge is 0.161 e. The van der Waals surface area contributed by atoms with Gasteiger partial charge in [-0.3, -0.25) is 0 Å². The van der Waals surface area contributed by atoms with E-state index < -0.39 is 34.9 Å². The molecule has 4 heterocycles. The zero-order valence-electron chi connectivity index (χ0n) is 17.4. The Labute approximate surface area is 214 Å². The van der Waals surface area contributed by atoms with Gasteiger partial charge in [-0.05, 0) is 36.4 Å². The van der Waals surface area contributed by atoms with Gasteiger partial charge in [0, 0.05) is 33.0 Å². The lowest BCUT2D eigenvalue weighted by molar-refractivity contribution is 0.496. The second kappa shape index (κ2) is 8.80. The van der Waals surface area contributed by atoms with Crippen LogP contribution < -0.4 is 0 Å². The number of hydrogen-bond donors (Lipinski definition) is 0. The number of halogens is 6. The molecule has 12 heteroatoms. The first kappa shape index (κ1) is 23.3. The molecule has 0 bridgehead atoms. The molecule has 180 valence electrons. The van der Waals surface area contributed by atoms with Crippen LogP contribution in [0.2, 0.25) is 0 Å². The Morgan fingerprint density at radius 2 is 0.778 bits per heavy atom. The maximum Gasteiger partial charge on any atom is 0.161 e. The molecule has 0 amide bonds. The van der Waals surface area contributed by atoms with Crippen molar-refractivity contribution in [3.05, 3.63) is 83.4 Å². The van der Waals surface area contributed by atoms with Gasteiger partial charge in [0.25, 0.3) is 0 Å². The number of aromatic nitrogens is 2.